The van der Waals surface area contributed by atoms with Crippen molar-refractivity contribution in [2.75, 3.05) is 7.05 Å². The highest BCUT2D eigenvalue weighted by molar-refractivity contribution is 5.94. The van der Waals surface area contributed by atoms with Crippen molar-refractivity contribution in [2.45, 2.75) is 20.3 Å². The van der Waals surface area contributed by atoms with Crippen molar-refractivity contribution in [3.8, 4) is 0 Å². The first-order chi connectivity index (χ1) is 5.65. The van der Waals surface area contributed by atoms with Crippen LogP contribution in [0.5, 0.6) is 0 Å². The molecule has 3 heteroatoms. The summed E-state index contributed by atoms with van der Waals surface area (Å²) in [7, 11) is 1.82. The molecule has 0 fully saturated rings. The Morgan fingerprint density at radius 2 is 2.25 bits per heavy atom. The molecule has 0 aromatic heterocycles. The average molecular weight is 167 g/mol. The molecule has 0 aliphatic heterocycles. The molecule has 0 aromatic rings. The van der Waals surface area contributed by atoms with Crippen LogP contribution in [0.3, 0.4) is 0 Å². The summed E-state index contributed by atoms with van der Waals surface area (Å²) in [4.78, 5) is 4.18. The quantitative estimate of drug-likeness (QED) is 0.622. The van der Waals surface area contributed by atoms with E-state index in [1.54, 1.807) is 6.08 Å². The molecule has 0 atom stereocenters. The van der Waals surface area contributed by atoms with E-state index in [1.165, 1.54) is 0 Å². The fourth-order valence-electron chi connectivity index (χ4n) is 0.636. The van der Waals surface area contributed by atoms with E-state index < -0.39 is 0 Å². The van der Waals surface area contributed by atoms with Gasteiger partial charge in [0.25, 0.3) is 0 Å². The Morgan fingerprint density at radius 1 is 1.67 bits per heavy atom. The number of hydrogen-bond donors (Lipinski definition) is 2. The van der Waals surface area contributed by atoms with Crippen LogP contribution in [0, 0.1) is 0 Å². The summed E-state index contributed by atoms with van der Waals surface area (Å²) in [6, 6.07) is 0. The maximum Gasteiger partial charge on any atom is 0.142 e. The van der Waals surface area contributed by atoms with Crippen molar-refractivity contribution in [1.29, 1.82) is 0 Å². The molecule has 0 aromatic carbocycles. The second-order valence-electron chi connectivity index (χ2n) is 2.42. The molecule has 0 saturated carbocycles. The first-order valence-electron chi connectivity index (χ1n) is 3.99. The lowest BCUT2D eigenvalue weighted by atomic mass is 10.3. The van der Waals surface area contributed by atoms with Crippen LogP contribution in [0.1, 0.15) is 20.3 Å². The Labute approximate surface area is 74.1 Å². The van der Waals surface area contributed by atoms with Gasteiger partial charge in [-0.05, 0) is 19.4 Å². The largest absolute Gasteiger partial charge is 0.389 e. The van der Waals surface area contributed by atoms with Gasteiger partial charge in [-0.15, -0.1) is 0 Å². The first kappa shape index (κ1) is 10.8. The molecule has 3 N–H and O–H groups in total. The van der Waals surface area contributed by atoms with Crippen LogP contribution in [0.25, 0.3) is 0 Å². The lowest BCUT2D eigenvalue weighted by Gasteiger charge is -2.02. The second-order valence-corrected chi connectivity index (χ2v) is 2.42. The third-order valence-corrected chi connectivity index (χ3v) is 1.62. The van der Waals surface area contributed by atoms with Gasteiger partial charge in [-0.2, -0.15) is 0 Å². The Hall–Kier alpha value is -1.25. The van der Waals surface area contributed by atoms with Crippen molar-refractivity contribution in [1.82, 2.24) is 5.32 Å². The van der Waals surface area contributed by atoms with Gasteiger partial charge in [0.15, 0.2) is 0 Å². The first-order valence-corrected chi connectivity index (χ1v) is 3.99. The summed E-state index contributed by atoms with van der Waals surface area (Å²) in [5.74, 6) is 0.522. The number of nitrogens with two attached hydrogens (primary N) is 1. The number of hydrogen-bond acceptors (Lipinski definition) is 3. The zero-order chi connectivity index (χ0) is 9.56. The van der Waals surface area contributed by atoms with Crippen molar-refractivity contribution < 1.29 is 0 Å². The zero-order valence-corrected chi connectivity index (χ0v) is 8.02. The molecule has 0 radical (unpaired) electrons. The maximum atomic E-state index is 5.66. The molecule has 0 heterocycles. The molecular weight excluding hydrogens is 150 g/mol. The molecule has 0 aliphatic carbocycles. The predicted octanol–water partition coefficient (Wildman–Crippen LogP) is 1.39. The molecular formula is C9H17N3. The maximum absolute atomic E-state index is 5.66. The lowest BCUT2D eigenvalue weighted by Crippen LogP contribution is -2.11. The molecule has 0 bridgehead atoms. The SMILES string of the molecule is C=CC(CC)=N/C(N)=C(\C)NC. The molecule has 0 spiro atoms. The molecule has 0 saturated heterocycles. The third-order valence-electron chi connectivity index (χ3n) is 1.62. The number of rotatable bonds is 4. The minimum atomic E-state index is 0.522. The highest BCUT2D eigenvalue weighted by Crippen LogP contribution is 1.97. The van der Waals surface area contributed by atoms with Crippen molar-refractivity contribution >= 4 is 5.71 Å². The zero-order valence-electron chi connectivity index (χ0n) is 8.02. The van der Waals surface area contributed by atoms with E-state index in [-0.39, 0.29) is 0 Å². The fraction of sp³-hybridized carbons (Fsp3) is 0.444. The van der Waals surface area contributed by atoms with E-state index >= 15 is 0 Å². The number of allylic oxidation sites excluding steroid dienone is 2. The minimum Gasteiger partial charge on any atom is -0.389 e. The van der Waals surface area contributed by atoms with E-state index in [4.69, 9.17) is 5.73 Å². The Morgan fingerprint density at radius 3 is 2.58 bits per heavy atom. The lowest BCUT2D eigenvalue weighted by molar-refractivity contribution is 0.938. The van der Waals surface area contributed by atoms with Gasteiger partial charge in [-0.3, -0.25) is 0 Å². The molecule has 0 aliphatic rings. The van der Waals surface area contributed by atoms with Gasteiger partial charge >= 0.3 is 0 Å². The van der Waals surface area contributed by atoms with Gasteiger partial charge in [0.1, 0.15) is 5.82 Å². The van der Waals surface area contributed by atoms with Crippen LogP contribution in [0.4, 0.5) is 0 Å². The van der Waals surface area contributed by atoms with Crippen LogP contribution in [0.15, 0.2) is 29.2 Å². The van der Waals surface area contributed by atoms with Crippen molar-refractivity contribution in [2.24, 2.45) is 10.7 Å². The topological polar surface area (TPSA) is 50.4 Å². The normalized spacial score (nSPS) is 13.8. The Balaban J connectivity index is 4.60. The van der Waals surface area contributed by atoms with Crippen LogP contribution in [0.2, 0.25) is 0 Å². The van der Waals surface area contributed by atoms with Crippen molar-refractivity contribution in [3.05, 3.63) is 24.2 Å². The Bertz CT molecular complexity index is 214. The van der Waals surface area contributed by atoms with Crippen molar-refractivity contribution in [3.63, 3.8) is 0 Å². The molecule has 0 unspecified atom stereocenters. The van der Waals surface area contributed by atoms with Gasteiger partial charge in [0, 0.05) is 12.8 Å². The van der Waals surface area contributed by atoms with Gasteiger partial charge < -0.3 is 11.1 Å². The standard InChI is InChI=1S/C9H17N3/c1-5-8(6-2)12-9(10)7(3)11-4/h5,11H,1,6,10H2,2-4H3/b9-7+,12-8?. The summed E-state index contributed by atoms with van der Waals surface area (Å²) in [5.41, 5.74) is 7.44. The van der Waals surface area contributed by atoms with Crippen LogP contribution in [-0.4, -0.2) is 12.8 Å². The predicted molar refractivity (Wildman–Crippen MR) is 53.9 cm³/mol. The number of nitrogens with one attached hydrogen (secondary N) is 1. The Kier molecular flexibility index (Phi) is 4.84. The van der Waals surface area contributed by atoms with Gasteiger partial charge in [0.05, 0.1) is 5.70 Å². The van der Waals surface area contributed by atoms with E-state index in [0.717, 1.165) is 17.8 Å². The minimum absolute atomic E-state index is 0.522. The smallest absolute Gasteiger partial charge is 0.142 e. The van der Waals surface area contributed by atoms with E-state index in [9.17, 15) is 0 Å². The third kappa shape index (κ3) is 3.23. The van der Waals surface area contributed by atoms with E-state index in [0.29, 0.717) is 5.82 Å². The van der Waals surface area contributed by atoms with Gasteiger partial charge in [0.2, 0.25) is 0 Å². The molecule has 12 heavy (non-hydrogen) atoms. The average Bonchev–Trinajstić information content (AvgIpc) is 2.12. The summed E-state index contributed by atoms with van der Waals surface area (Å²) < 4.78 is 0. The summed E-state index contributed by atoms with van der Waals surface area (Å²) in [6.07, 6.45) is 2.57. The summed E-state index contributed by atoms with van der Waals surface area (Å²) >= 11 is 0. The van der Waals surface area contributed by atoms with Crippen LogP contribution < -0.4 is 11.1 Å². The van der Waals surface area contributed by atoms with Crippen LogP contribution in [-0.2, 0) is 0 Å². The number of aliphatic imine (C=N–C) groups is 1. The molecule has 3 nitrogen and oxygen atoms in total. The second kappa shape index (κ2) is 5.41. The molecule has 0 rings (SSSR count). The van der Waals surface area contributed by atoms with E-state index in [2.05, 4.69) is 16.9 Å². The summed E-state index contributed by atoms with van der Waals surface area (Å²) in [6.45, 7) is 7.54. The number of nitrogens with zero attached hydrogens (tertiary/aromatic N) is 1. The van der Waals surface area contributed by atoms with E-state index in [1.807, 2.05) is 20.9 Å². The summed E-state index contributed by atoms with van der Waals surface area (Å²) in [5, 5.41) is 2.93. The molecule has 68 valence electrons. The van der Waals surface area contributed by atoms with Crippen LogP contribution >= 0.6 is 0 Å². The van der Waals surface area contributed by atoms with Gasteiger partial charge in [-0.1, -0.05) is 13.5 Å². The highest BCUT2D eigenvalue weighted by atomic mass is 15.0. The van der Waals surface area contributed by atoms with Gasteiger partial charge in [-0.25, -0.2) is 4.99 Å². The highest BCUT2D eigenvalue weighted by Gasteiger charge is 1.94. The molecule has 0 amide bonds. The monoisotopic (exact) mass is 167 g/mol. The fourth-order valence-corrected chi connectivity index (χ4v) is 0.636.